The van der Waals surface area contributed by atoms with Gasteiger partial charge in [-0.3, -0.25) is 0 Å². The quantitative estimate of drug-likeness (QED) is 0.740. The molecular formula is C18H22FNO. The molecule has 2 aromatic rings. The van der Waals surface area contributed by atoms with E-state index < -0.39 is 0 Å². The minimum Gasteiger partial charge on any atom is -0.372 e. The molecule has 2 rings (SSSR count). The monoisotopic (exact) mass is 287 g/mol. The first-order chi connectivity index (χ1) is 10.3. The molecule has 0 aromatic heterocycles. The Morgan fingerprint density at radius 1 is 0.952 bits per heavy atom. The van der Waals surface area contributed by atoms with Crippen LogP contribution in [-0.4, -0.2) is 6.54 Å². The van der Waals surface area contributed by atoms with E-state index in [0.717, 1.165) is 25.1 Å². The number of benzene rings is 2. The third-order valence-electron chi connectivity index (χ3n) is 3.26. The Morgan fingerprint density at radius 2 is 1.67 bits per heavy atom. The van der Waals surface area contributed by atoms with E-state index in [1.54, 1.807) is 12.1 Å². The maximum atomic E-state index is 13.4. The normalized spacial score (nSPS) is 10.8. The number of hydrogen-bond acceptors (Lipinski definition) is 2. The first kappa shape index (κ1) is 15.7. The van der Waals surface area contributed by atoms with E-state index in [2.05, 4.69) is 36.5 Å². The van der Waals surface area contributed by atoms with Crippen LogP contribution in [0.3, 0.4) is 0 Å². The van der Waals surface area contributed by atoms with Crippen LogP contribution in [0.1, 0.15) is 30.0 Å². The molecule has 3 heteroatoms. The van der Waals surface area contributed by atoms with E-state index in [1.165, 1.54) is 11.6 Å². The molecule has 0 aliphatic rings. The summed E-state index contributed by atoms with van der Waals surface area (Å²) < 4.78 is 19.0. The van der Waals surface area contributed by atoms with Crippen molar-refractivity contribution in [1.29, 1.82) is 0 Å². The van der Waals surface area contributed by atoms with Crippen LogP contribution in [0.5, 0.6) is 0 Å². The van der Waals surface area contributed by atoms with Crippen molar-refractivity contribution in [3.8, 4) is 0 Å². The van der Waals surface area contributed by atoms with Crippen molar-refractivity contribution in [2.75, 3.05) is 6.54 Å². The van der Waals surface area contributed by atoms with Gasteiger partial charge in [-0.15, -0.1) is 0 Å². The molecule has 0 radical (unpaired) electrons. The van der Waals surface area contributed by atoms with Crippen LogP contribution in [0.25, 0.3) is 0 Å². The molecule has 2 aromatic carbocycles. The summed E-state index contributed by atoms with van der Waals surface area (Å²) in [6.07, 6.45) is 1.14. The highest BCUT2D eigenvalue weighted by Crippen LogP contribution is 2.10. The van der Waals surface area contributed by atoms with Crippen LogP contribution in [0.2, 0.25) is 0 Å². The molecule has 0 heterocycles. The van der Waals surface area contributed by atoms with Gasteiger partial charge in [0.1, 0.15) is 5.82 Å². The summed E-state index contributed by atoms with van der Waals surface area (Å²) in [6, 6.07) is 15.0. The molecule has 0 unspecified atom stereocenters. The van der Waals surface area contributed by atoms with Gasteiger partial charge in [-0.1, -0.05) is 49.4 Å². The van der Waals surface area contributed by atoms with Gasteiger partial charge < -0.3 is 10.1 Å². The fourth-order valence-corrected chi connectivity index (χ4v) is 2.06. The Bertz CT molecular complexity index is 539. The Morgan fingerprint density at radius 3 is 2.38 bits per heavy atom. The predicted molar refractivity (Wildman–Crippen MR) is 83.3 cm³/mol. The zero-order valence-electron chi connectivity index (χ0n) is 12.4. The summed E-state index contributed by atoms with van der Waals surface area (Å²) in [6.45, 7) is 4.88. The van der Waals surface area contributed by atoms with Gasteiger partial charge in [0.25, 0.3) is 0 Å². The number of rotatable bonds is 8. The molecule has 0 saturated heterocycles. The van der Waals surface area contributed by atoms with Crippen LogP contribution in [0.4, 0.5) is 4.39 Å². The maximum Gasteiger partial charge on any atom is 0.128 e. The van der Waals surface area contributed by atoms with Crippen LogP contribution < -0.4 is 5.32 Å². The second-order valence-corrected chi connectivity index (χ2v) is 5.08. The Labute approximate surface area is 126 Å². The van der Waals surface area contributed by atoms with E-state index in [-0.39, 0.29) is 5.82 Å². The van der Waals surface area contributed by atoms with Gasteiger partial charge in [-0.2, -0.15) is 0 Å². The Kier molecular flexibility index (Phi) is 6.38. The van der Waals surface area contributed by atoms with Crippen LogP contribution in [0.15, 0.2) is 48.5 Å². The second kappa shape index (κ2) is 8.55. The molecule has 0 atom stereocenters. The number of ether oxygens (including phenoxy) is 1. The Balaban J connectivity index is 1.77. The first-order valence-electron chi connectivity index (χ1n) is 7.39. The van der Waals surface area contributed by atoms with Gasteiger partial charge in [0.15, 0.2) is 0 Å². The molecule has 21 heavy (non-hydrogen) atoms. The molecule has 0 amide bonds. The van der Waals surface area contributed by atoms with Crippen molar-refractivity contribution in [1.82, 2.24) is 5.32 Å². The molecule has 0 saturated carbocycles. The lowest BCUT2D eigenvalue weighted by atomic mass is 10.1. The molecule has 0 aliphatic heterocycles. The lowest BCUT2D eigenvalue weighted by Crippen LogP contribution is -2.13. The van der Waals surface area contributed by atoms with E-state index in [1.807, 2.05) is 6.07 Å². The van der Waals surface area contributed by atoms with Gasteiger partial charge in [-0.05, 0) is 30.2 Å². The molecule has 1 N–H and O–H groups in total. The summed E-state index contributed by atoms with van der Waals surface area (Å²) in [7, 11) is 0. The maximum absolute atomic E-state index is 13.4. The average molecular weight is 287 g/mol. The molecule has 0 aliphatic carbocycles. The largest absolute Gasteiger partial charge is 0.372 e. The van der Waals surface area contributed by atoms with Crippen molar-refractivity contribution >= 4 is 0 Å². The zero-order valence-corrected chi connectivity index (χ0v) is 12.4. The third-order valence-corrected chi connectivity index (χ3v) is 3.26. The summed E-state index contributed by atoms with van der Waals surface area (Å²) in [5, 5.41) is 3.37. The molecule has 0 fully saturated rings. The fraction of sp³-hybridized carbons (Fsp3) is 0.333. The second-order valence-electron chi connectivity index (χ2n) is 5.08. The van der Waals surface area contributed by atoms with E-state index in [4.69, 9.17) is 4.74 Å². The van der Waals surface area contributed by atoms with E-state index in [0.29, 0.717) is 18.8 Å². The minimum atomic E-state index is -0.213. The third kappa shape index (κ3) is 5.29. The summed E-state index contributed by atoms with van der Waals surface area (Å²) >= 11 is 0. The standard InChI is InChI=1S/C18H22FNO/c1-2-11-20-12-15-7-9-16(10-8-15)13-21-14-17-5-3-4-6-18(17)19/h3-10,20H,2,11-14H2,1H3. The highest BCUT2D eigenvalue weighted by Gasteiger charge is 2.01. The topological polar surface area (TPSA) is 21.3 Å². The minimum absolute atomic E-state index is 0.213. The summed E-state index contributed by atoms with van der Waals surface area (Å²) in [5.41, 5.74) is 2.96. The smallest absolute Gasteiger partial charge is 0.128 e. The SMILES string of the molecule is CCCNCc1ccc(COCc2ccccc2F)cc1. The van der Waals surface area contributed by atoms with E-state index in [9.17, 15) is 4.39 Å². The molecule has 112 valence electrons. The van der Waals surface area contributed by atoms with Crippen molar-refractivity contribution in [2.45, 2.75) is 33.1 Å². The van der Waals surface area contributed by atoms with Crippen LogP contribution in [0, 0.1) is 5.82 Å². The summed E-state index contributed by atoms with van der Waals surface area (Å²) in [4.78, 5) is 0. The number of nitrogens with one attached hydrogen (secondary N) is 1. The van der Waals surface area contributed by atoms with Crippen LogP contribution in [-0.2, 0) is 24.5 Å². The molecule has 0 bridgehead atoms. The molecule has 2 nitrogen and oxygen atoms in total. The van der Waals surface area contributed by atoms with Crippen molar-refractivity contribution in [2.24, 2.45) is 0 Å². The van der Waals surface area contributed by atoms with Crippen molar-refractivity contribution in [3.05, 3.63) is 71.0 Å². The Hall–Kier alpha value is -1.71. The van der Waals surface area contributed by atoms with Gasteiger partial charge in [-0.25, -0.2) is 4.39 Å². The van der Waals surface area contributed by atoms with Crippen LogP contribution >= 0.6 is 0 Å². The highest BCUT2D eigenvalue weighted by molar-refractivity contribution is 5.22. The zero-order chi connectivity index (χ0) is 14.9. The first-order valence-corrected chi connectivity index (χ1v) is 7.39. The molecular weight excluding hydrogens is 265 g/mol. The fourth-order valence-electron chi connectivity index (χ4n) is 2.06. The lowest BCUT2D eigenvalue weighted by molar-refractivity contribution is 0.105. The molecule has 0 spiro atoms. The van der Waals surface area contributed by atoms with E-state index >= 15 is 0 Å². The number of halogens is 1. The van der Waals surface area contributed by atoms with Crippen molar-refractivity contribution in [3.63, 3.8) is 0 Å². The van der Waals surface area contributed by atoms with Gasteiger partial charge in [0.2, 0.25) is 0 Å². The number of hydrogen-bond donors (Lipinski definition) is 1. The van der Waals surface area contributed by atoms with Gasteiger partial charge in [0, 0.05) is 12.1 Å². The van der Waals surface area contributed by atoms with Gasteiger partial charge >= 0.3 is 0 Å². The van der Waals surface area contributed by atoms with Gasteiger partial charge in [0.05, 0.1) is 13.2 Å². The lowest BCUT2D eigenvalue weighted by Gasteiger charge is -2.07. The average Bonchev–Trinajstić information content (AvgIpc) is 2.51. The predicted octanol–water partition coefficient (Wildman–Crippen LogP) is 4.04. The summed E-state index contributed by atoms with van der Waals surface area (Å²) in [5.74, 6) is -0.213. The highest BCUT2D eigenvalue weighted by atomic mass is 19.1. The van der Waals surface area contributed by atoms with Crippen molar-refractivity contribution < 1.29 is 9.13 Å².